The number of aliphatic carboxylic acids is 1. The van der Waals surface area contributed by atoms with Crippen molar-refractivity contribution in [3.63, 3.8) is 0 Å². The van der Waals surface area contributed by atoms with Gasteiger partial charge in [0.25, 0.3) is 0 Å². The van der Waals surface area contributed by atoms with Crippen molar-refractivity contribution in [2.45, 2.75) is 25.3 Å². The predicted octanol–water partition coefficient (Wildman–Crippen LogP) is 1.49. The van der Waals surface area contributed by atoms with E-state index < -0.39 is 18.0 Å². The summed E-state index contributed by atoms with van der Waals surface area (Å²) >= 11 is 0. The first kappa shape index (κ1) is 12.0. The summed E-state index contributed by atoms with van der Waals surface area (Å²) in [6, 6.07) is -0.199. The zero-order chi connectivity index (χ0) is 12.4. The average molecular weight is 239 g/mol. The summed E-state index contributed by atoms with van der Waals surface area (Å²) in [6.45, 7) is 4.28. The van der Waals surface area contributed by atoms with Gasteiger partial charge in [-0.3, -0.25) is 4.79 Å². The molecular weight excluding hydrogens is 222 g/mol. The maximum atomic E-state index is 11.8. The lowest BCUT2D eigenvalue weighted by Gasteiger charge is -2.47. The molecular formula is C12H17NO4. The van der Waals surface area contributed by atoms with Crippen molar-refractivity contribution >= 4 is 12.1 Å². The summed E-state index contributed by atoms with van der Waals surface area (Å²) < 4.78 is 4.99. The molecule has 3 fully saturated rings. The minimum atomic E-state index is -0.805. The molecule has 0 aromatic rings. The largest absolute Gasteiger partial charge is 0.481 e. The molecule has 3 atom stereocenters. The first-order chi connectivity index (χ1) is 8.13. The van der Waals surface area contributed by atoms with Crippen molar-refractivity contribution in [1.29, 1.82) is 0 Å². The fourth-order valence-electron chi connectivity index (χ4n) is 2.88. The Kier molecular flexibility index (Phi) is 3.36. The molecule has 5 heteroatoms. The normalized spacial score (nSPS) is 31.1. The molecule has 3 rings (SSSR count). The van der Waals surface area contributed by atoms with E-state index in [0.29, 0.717) is 18.9 Å². The Labute approximate surface area is 100 Å². The van der Waals surface area contributed by atoms with E-state index in [-0.39, 0.29) is 12.6 Å². The van der Waals surface area contributed by atoms with Gasteiger partial charge in [-0.25, -0.2) is 4.79 Å². The molecule has 0 unspecified atom stereocenters. The molecule has 0 aromatic heterocycles. The Morgan fingerprint density at radius 2 is 2.24 bits per heavy atom. The third-order valence-corrected chi connectivity index (χ3v) is 3.65. The number of nitrogens with zero attached hydrogens (tertiary/aromatic N) is 1. The number of piperidine rings is 2. The number of hydrogen-bond donors (Lipinski definition) is 1. The topological polar surface area (TPSA) is 66.8 Å². The number of hydrogen-bond acceptors (Lipinski definition) is 3. The van der Waals surface area contributed by atoms with Crippen LogP contribution in [-0.2, 0) is 9.53 Å². The summed E-state index contributed by atoms with van der Waals surface area (Å²) in [4.78, 5) is 24.5. The molecule has 0 spiro atoms. The van der Waals surface area contributed by atoms with Crippen LogP contribution < -0.4 is 0 Å². The molecule has 1 N–H and O–H groups in total. The molecule has 1 aliphatic carbocycles. The van der Waals surface area contributed by atoms with Crippen LogP contribution in [0.25, 0.3) is 0 Å². The van der Waals surface area contributed by atoms with E-state index in [1.54, 1.807) is 4.90 Å². The highest BCUT2D eigenvalue weighted by Crippen LogP contribution is 2.39. The van der Waals surface area contributed by atoms with Gasteiger partial charge < -0.3 is 14.7 Å². The van der Waals surface area contributed by atoms with Crippen LogP contribution in [0, 0.1) is 11.8 Å². The maximum Gasteiger partial charge on any atom is 0.410 e. The van der Waals surface area contributed by atoms with Gasteiger partial charge in [0.15, 0.2) is 0 Å². The molecule has 2 saturated heterocycles. The zero-order valence-corrected chi connectivity index (χ0v) is 9.67. The molecule has 1 amide bonds. The van der Waals surface area contributed by atoms with Gasteiger partial charge in [-0.1, -0.05) is 12.7 Å². The van der Waals surface area contributed by atoms with Crippen LogP contribution in [0.5, 0.6) is 0 Å². The molecule has 1 saturated carbocycles. The van der Waals surface area contributed by atoms with E-state index in [1.807, 2.05) is 0 Å². The summed E-state index contributed by atoms with van der Waals surface area (Å²) in [5, 5.41) is 9.14. The molecule has 5 nitrogen and oxygen atoms in total. The SMILES string of the molecule is C=CCOC(=O)N1C[C@H]2CC[C@@H]1[C@@H](C(=O)O)C2. The van der Waals surface area contributed by atoms with Gasteiger partial charge in [0.2, 0.25) is 0 Å². The van der Waals surface area contributed by atoms with Gasteiger partial charge in [-0.05, 0) is 25.2 Å². The summed E-state index contributed by atoms with van der Waals surface area (Å²) in [5.74, 6) is -0.933. The molecule has 94 valence electrons. The Bertz CT molecular complexity index is 341. The second-order valence-corrected chi connectivity index (χ2v) is 4.71. The third-order valence-electron chi connectivity index (χ3n) is 3.65. The van der Waals surface area contributed by atoms with E-state index in [2.05, 4.69) is 6.58 Å². The van der Waals surface area contributed by atoms with Gasteiger partial charge in [-0.15, -0.1) is 0 Å². The molecule has 17 heavy (non-hydrogen) atoms. The smallest absolute Gasteiger partial charge is 0.410 e. The zero-order valence-electron chi connectivity index (χ0n) is 9.67. The predicted molar refractivity (Wildman–Crippen MR) is 60.5 cm³/mol. The van der Waals surface area contributed by atoms with E-state index in [1.165, 1.54) is 6.08 Å². The van der Waals surface area contributed by atoms with Crippen LogP contribution in [0.15, 0.2) is 12.7 Å². The minimum Gasteiger partial charge on any atom is -0.481 e. The summed E-state index contributed by atoms with van der Waals surface area (Å²) in [5.41, 5.74) is 0. The van der Waals surface area contributed by atoms with Crippen molar-refractivity contribution in [1.82, 2.24) is 4.90 Å². The lowest BCUT2D eigenvalue weighted by atomic mass is 9.73. The van der Waals surface area contributed by atoms with E-state index in [9.17, 15) is 9.59 Å². The average Bonchev–Trinajstić information content (AvgIpc) is 2.36. The number of carboxylic acid groups (broad SMARTS) is 1. The van der Waals surface area contributed by atoms with Crippen molar-refractivity contribution < 1.29 is 19.4 Å². The van der Waals surface area contributed by atoms with Gasteiger partial charge in [0.05, 0.1) is 5.92 Å². The van der Waals surface area contributed by atoms with Gasteiger partial charge >= 0.3 is 12.1 Å². The van der Waals surface area contributed by atoms with Crippen LogP contribution in [-0.4, -0.2) is 41.3 Å². The van der Waals surface area contributed by atoms with Crippen molar-refractivity contribution in [2.24, 2.45) is 11.8 Å². The van der Waals surface area contributed by atoms with Crippen molar-refractivity contribution in [3.8, 4) is 0 Å². The molecule has 2 bridgehead atoms. The van der Waals surface area contributed by atoms with Crippen LogP contribution in [0.3, 0.4) is 0 Å². The van der Waals surface area contributed by atoms with Crippen LogP contribution in [0.1, 0.15) is 19.3 Å². The first-order valence-corrected chi connectivity index (χ1v) is 5.90. The number of ether oxygens (including phenoxy) is 1. The summed E-state index contributed by atoms with van der Waals surface area (Å²) in [6.07, 6.45) is 3.57. The van der Waals surface area contributed by atoms with E-state index >= 15 is 0 Å². The molecule has 3 aliphatic rings. The van der Waals surface area contributed by atoms with Crippen molar-refractivity contribution in [2.75, 3.05) is 13.2 Å². The molecule has 0 radical (unpaired) electrons. The Morgan fingerprint density at radius 3 is 2.82 bits per heavy atom. The van der Waals surface area contributed by atoms with Crippen LogP contribution in [0.2, 0.25) is 0 Å². The number of carbonyl (C=O) groups excluding carboxylic acids is 1. The quantitative estimate of drug-likeness (QED) is 0.758. The molecule has 2 aliphatic heterocycles. The van der Waals surface area contributed by atoms with Crippen molar-refractivity contribution in [3.05, 3.63) is 12.7 Å². The first-order valence-electron chi connectivity index (χ1n) is 5.90. The van der Waals surface area contributed by atoms with Crippen LogP contribution >= 0.6 is 0 Å². The van der Waals surface area contributed by atoms with Gasteiger partial charge in [-0.2, -0.15) is 0 Å². The minimum absolute atomic E-state index is 0.171. The van der Waals surface area contributed by atoms with E-state index in [0.717, 1.165) is 12.8 Å². The lowest BCUT2D eigenvalue weighted by molar-refractivity contribution is -0.149. The van der Waals surface area contributed by atoms with E-state index in [4.69, 9.17) is 9.84 Å². The fourth-order valence-corrected chi connectivity index (χ4v) is 2.88. The fraction of sp³-hybridized carbons (Fsp3) is 0.667. The monoisotopic (exact) mass is 239 g/mol. The number of amides is 1. The lowest BCUT2D eigenvalue weighted by Crippen LogP contribution is -2.57. The highest BCUT2D eigenvalue weighted by molar-refractivity contribution is 5.74. The Hall–Kier alpha value is -1.52. The standard InChI is InChI=1S/C12H17NO4/c1-2-5-17-12(16)13-7-8-3-4-10(13)9(6-8)11(14)15/h2,8-10H,1,3-7H2,(H,14,15)/t8-,9-,10+/m0/s1. The molecule has 0 aromatic carbocycles. The molecule has 2 heterocycles. The van der Waals surface area contributed by atoms with Crippen LogP contribution in [0.4, 0.5) is 4.79 Å². The Morgan fingerprint density at radius 1 is 1.47 bits per heavy atom. The third kappa shape index (κ3) is 2.28. The maximum absolute atomic E-state index is 11.8. The highest BCUT2D eigenvalue weighted by atomic mass is 16.6. The Balaban J connectivity index is 2.06. The van der Waals surface area contributed by atoms with Gasteiger partial charge in [0, 0.05) is 12.6 Å². The number of rotatable bonds is 3. The number of fused-ring (bicyclic) bond motifs is 3. The number of carbonyl (C=O) groups is 2. The summed E-state index contributed by atoms with van der Waals surface area (Å²) in [7, 11) is 0. The number of carboxylic acids is 1. The highest BCUT2D eigenvalue weighted by Gasteiger charge is 2.46. The second-order valence-electron chi connectivity index (χ2n) is 4.71. The van der Waals surface area contributed by atoms with Gasteiger partial charge in [0.1, 0.15) is 6.61 Å². The second kappa shape index (κ2) is 4.77.